The fourth-order valence-electron chi connectivity index (χ4n) is 0.715. The Labute approximate surface area is 71.5 Å². The molecule has 0 saturated carbocycles. The maximum atomic E-state index is 10.3. The second-order valence-corrected chi connectivity index (χ2v) is 2.24. The van der Waals surface area contributed by atoms with Gasteiger partial charge in [-0.05, 0) is 5.56 Å². The lowest BCUT2D eigenvalue weighted by molar-refractivity contribution is -0.135. The van der Waals surface area contributed by atoms with Crippen molar-refractivity contribution in [3.8, 4) is 0 Å². The largest absolute Gasteiger partial charge is 0.434 e. The molecule has 1 aromatic rings. The van der Waals surface area contributed by atoms with E-state index in [1.165, 1.54) is 13.2 Å². The van der Waals surface area contributed by atoms with E-state index >= 15 is 0 Å². The highest BCUT2D eigenvalue weighted by molar-refractivity contribution is 5.66. The number of esters is 1. The van der Waals surface area contributed by atoms with E-state index in [1.807, 2.05) is 30.3 Å². The van der Waals surface area contributed by atoms with Crippen LogP contribution in [0.3, 0.4) is 0 Å². The van der Waals surface area contributed by atoms with Crippen molar-refractivity contribution in [2.75, 3.05) is 0 Å². The molecular formula is C10H9O2. The first-order valence-corrected chi connectivity index (χ1v) is 3.59. The van der Waals surface area contributed by atoms with Crippen LogP contribution in [0.5, 0.6) is 0 Å². The van der Waals surface area contributed by atoms with Gasteiger partial charge in [0, 0.05) is 13.0 Å². The van der Waals surface area contributed by atoms with Crippen molar-refractivity contribution in [1.29, 1.82) is 0 Å². The molecule has 0 saturated heterocycles. The first-order valence-electron chi connectivity index (χ1n) is 3.59. The van der Waals surface area contributed by atoms with Crippen molar-refractivity contribution >= 4 is 5.97 Å². The highest BCUT2D eigenvalue weighted by Gasteiger charge is 1.86. The standard InChI is InChI=1S/C10H9O2/c1-9(11)12-8-7-10-5-3-2-4-6-10/h2-6,8H,1H3. The molecule has 0 fully saturated rings. The number of carbonyl (C=O) groups excluding carboxylic acids is 1. The summed E-state index contributed by atoms with van der Waals surface area (Å²) in [6, 6.07) is 9.45. The third kappa shape index (κ3) is 3.01. The van der Waals surface area contributed by atoms with Gasteiger partial charge in [0.05, 0.1) is 0 Å². The Morgan fingerprint density at radius 3 is 2.67 bits per heavy atom. The first kappa shape index (κ1) is 8.53. The van der Waals surface area contributed by atoms with Gasteiger partial charge in [-0.2, -0.15) is 0 Å². The molecular weight excluding hydrogens is 152 g/mol. The molecule has 0 N–H and O–H groups in total. The van der Waals surface area contributed by atoms with Gasteiger partial charge in [0.15, 0.2) is 0 Å². The highest BCUT2D eigenvalue weighted by Crippen LogP contribution is 1.97. The monoisotopic (exact) mass is 161 g/mol. The maximum Gasteiger partial charge on any atom is 0.307 e. The Morgan fingerprint density at radius 2 is 2.08 bits per heavy atom. The normalized spacial score (nSPS) is 10.1. The molecule has 0 aliphatic rings. The minimum atomic E-state index is -0.335. The molecule has 0 atom stereocenters. The van der Waals surface area contributed by atoms with E-state index in [4.69, 9.17) is 0 Å². The quantitative estimate of drug-likeness (QED) is 0.489. The number of hydrogen-bond acceptors (Lipinski definition) is 2. The van der Waals surface area contributed by atoms with E-state index < -0.39 is 0 Å². The van der Waals surface area contributed by atoms with E-state index in [0.717, 1.165) is 5.56 Å². The van der Waals surface area contributed by atoms with Crippen LogP contribution in [0.4, 0.5) is 0 Å². The minimum absolute atomic E-state index is 0.335. The smallest absolute Gasteiger partial charge is 0.307 e. The Bertz CT molecular complexity index is 275. The van der Waals surface area contributed by atoms with Crippen molar-refractivity contribution < 1.29 is 9.53 Å². The molecule has 0 heterocycles. The fraction of sp³-hybridized carbons (Fsp3) is 0.100. The molecule has 0 bridgehead atoms. The predicted molar refractivity (Wildman–Crippen MR) is 45.1 cm³/mol. The molecule has 2 heteroatoms. The summed E-state index contributed by atoms with van der Waals surface area (Å²) in [4.78, 5) is 10.3. The third-order valence-electron chi connectivity index (χ3n) is 1.22. The van der Waals surface area contributed by atoms with Crippen LogP contribution in [0, 0.1) is 6.08 Å². The first-order chi connectivity index (χ1) is 5.79. The van der Waals surface area contributed by atoms with Crippen LogP contribution < -0.4 is 0 Å². The molecule has 1 aromatic carbocycles. The number of rotatable bonds is 2. The second kappa shape index (κ2) is 4.34. The van der Waals surface area contributed by atoms with E-state index in [2.05, 4.69) is 10.8 Å². The predicted octanol–water partition coefficient (Wildman–Crippen LogP) is 1.91. The summed E-state index contributed by atoms with van der Waals surface area (Å²) in [6.45, 7) is 1.35. The zero-order valence-electron chi connectivity index (χ0n) is 6.78. The van der Waals surface area contributed by atoms with Gasteiger partial charge in [-0.15, -0.1) is 0 Å². The summed E-state index contributed by atoms with van der Waals surface area (Å²) in [5.41, 5.74) is 0.888. The molecule has 1 radical (unpaired) electrons. The third-order valence-corrected chi connectivity index (χ3v) is 1.22. The van der Waals surface area contributed by atoms with Crippen molar-refractivity contribution in [2.24, 2.45) is 0 Å². The summed E-state index contributed by atoms with van der Waals surface area (Å²) in [5, 5.41) is 0. The van der Waals surface area contributed by atoms with E-state index in [-0.39, 0.29) is 5.97 Å². The zero-order valence-corrected chi connectivity index (χ0v) is 6.78. The average Bonchev–Trinajstić information content (AvgIpc) is 2.05. The summed E-state index contributed by atoms with van der Waals surface area (Å²) in [6.07, 6.45) is 4.07. The van der Waals surface area contributed by atoms with Crippen LogP contribution in [-0.2, 0) is 9.53 Å². The molecule has 2 nitrogen and oxygen atoms in total. The fourth-order valence-corrected chi connectivity index (χ4v) is 0.715. The zero-order chi connectivity index (χ0) is 8.81. The average molecular weight is 161 g/mol. The van der Waals surface area contributed by atoms with Crippen LogP contribution in [0.25, 0.3) is 0 Å². The maximum absolute atomic E-state index is 10.3. The molecule has 0 aliphatic carbocycles. The van der Waals surface area contributed by atoms with Gasteiger partial charge in [0.25, 0.3) is 0 Å². The summed E-state index contributed by atoms with van der Waals surface area (Å²) >= 11 is 0. The van der Waals surface area contributed by atoms with Crippen LogP contribution in [-0.4, -0.2) is 5.97 Å². The topological polar surface area (TPSA) is 26.3 Å². The molecule has 0 amide bonds. The summed E-state index contributed by atoms with van der Waals surface area (Å²) in [5.74, 6) is -0.335. The Balaban J connectivity index is 2.52. The van der Waals surface area contributed by atoms with Gasteiger partial charge in [-0.25, -0.2) is 0 Å². The van der Waals surface area contributed by atoms with Gasteiger partial charge in [-0.3, -0.25) is 4.79 Å². The molecule has 0 spiro atoms. The summed E-state index contributed by atoms with van der Waals surface area (Å²) in [7, 11) is 0. The van der Waals surface area contributed by atoms with Crippen LogP contribution >= 0.6 is 0 Å². The molecule has 0 aliphatic heterocycles. The van der Waals surface area contributed by atoms with E-state index in [9.17, 15) is 4.79 Å². The molecule has 1 rings (SSSR count). The molecule has 12 heavy (non-hydrogen) atoms. The lowest BCUT2D eigenvalue weighted by Gasteiger charge is -1.90. The van der Waals surface area contributed by atoms with Gasteiger partial charge < -0.3 is 4.74 Å². The Hall–Kier alpha value is -1.57. The Kier molecular flexibility index (Phi) is 3.08. The number of hydrogen-bond donors (Lipinski definition) is 0. The lowest BCUT2D eigenvalue weighted by atomic mass is 10.2. The van der Waals surface area contributed by atoms with E-state index in [0.29, 0.717) is 0 Å². The van der Waals surface area contributed by atoms with Crippen LogP contribution in [0.2, 0.25) is 0 Å². The van der Waals surface area contributed by atoms with Crippen molar-refractivity contribution in [3.05, 3.63) is 48.2 Å². The lowest BCUT2D eigenvalue weighted by Crippen LogP contribution is -1.89. The molecule has 61 valence electrons. The van der Waals surface area contributed by atoms with Crippen LogP contribution in [0.15, 0.2) is 36.6 Å². The second-order valence-electron chi connectivity index (χ2n) is 2.24. The SMILES string of the molecule is CC(=O)OC=[C]c1ccccc1. The van der Waals surface area contributed by atoms with Gasteiger partial charge >= 0.3 is 5.97 Å². The Morgan fingerprint density at radius 1 is 1.42 bits per heavy atom. The number of benzene rings is 1. The molecule has 0 unspecified atom stereocenters. The number of ether oxygens (including phenoxy) is 1. The highest BCUT2D eigenvalue weighted by atomic mass is 16.5. The van der Waals surface area contributed by atoms with Gasteiger partial charge in [0.1, 0.15) is 6.26 Å². The molecule has 0 aromatic heterocycles. The van der Waals surface area contributed by atoms with Crippen molar-refractivity contribution in [1.82, 2.24) is 0 Å². The van der Waals surface area contributed by atoms with Gasteiger partial charge in [-0.1, -0.05) is 30.3 Å². The number of carbonyl (C=O) groups is 1. The van der Waals surface area contributed by atoms with Gasteiger partial charge in [0.2, 0.25) is 0 Å². The van der Waals surface area contributed by atoms with Crippen molar-refractivity contribution in [2.45, 2.75) is 6.92 Å². The van der Waals surface area contributed by atoms with Crippen LogP contribution in [0.1, 0.15) is 12.5 Å². The van der Waals surface area contributed by atoms with E-state index in [1.54, 1.807) is 0 Å². The minimum Gasteiger partial charge on any atom is -0.434 e. The van der Waals surface area contributed by atoms with Crippen molar-refractivity contribution in [3.63, 3.8) is 0 Å². The summed E-state index contributed by atoms with van der Waals surface area (Å²) < 4.78 is 4.57.